The zero-order valence-corrected chi connectivity index (χ0v) is 8.71. The Morgan fingerprint density at radius 1 is 1.33 bits per heavy atom. The molecular formula is C10H10O4S. The summed E-state index contributed by atoms with van der Waals surface area (Å²) in [5.74, 6) is -1.06. The summed E-state index contributed by atoms with van der Waals surface area (Å²) in [6, 6.07) is 2.89. The zero-order valence-electron chi connectivity index (χ0n) is 7.90. The average Bonchev–Trinajstić information content (AvgIpc) is 2.62. The number of aryl methyl sites for hydroxylation is 1. The lowest BCUT2D eigenvalue weighted by Gasteiger charge is -2.06. The summed E-state index contributed by atoms with van der Waals surface area (Å²) < 4.78 is 20.1. The quantitative estimate of drug-likeness (QED) is 0.748. The van der Waals surface area contributed by atoms with Crippen LogP contribution in [0.25, 0.3) is 0 Å². The first-order valence-corrected chi connectivity index (χ1v) is 5.70. The first-order chi connectivity index (χ1) is 7.09. The third kappa shape index (κ3) is 1.80. The Morgan fingerprint density at radius 3 is 2.67 bits per heavy atom. The van der Waals surface area contributed by atoms with Crippen LogP contribution in [0, 0.1) is 0 Å². The van der Waals surface area contributed by atoms with Crippen LogP contribution < -0.4 is 0 Å². The summed E-state index contributed by atoms with van der Waals surface area (Å²) in [4.78, 5) is 11.0. The van der Waals surface area contributed by atoms with E-state index in [-0.39, 0.29) is 10.5 Å². The zero-order chi connectivity index (χ0) is 11.0. The molecule has 1 aromatic carbocycles. The van der Waals surface area contributed by atoms with Gasteiger partial charge in [-0.15, -0.1) is 0 Å². The molecule has 1 unspecified atom stereocenters. The predicted molar refractivity (Wildman–Crippen MR) is 54.5 cm³/mol. The topological polar surface area (TPSA) is 74.6 Å². The second-order valence-electron chi connectivity index (χ2n) is 3.52. The molecule has 80 valence electrons. The number of carboxylic acid groups (broad SMARTS) is 1. The van der Waals surface area contributed by atoms with Gasteiger partial charge in [0.25, 0.3) is 0 Å². The highest BCUT2D eigenvalue weighted by Crippen LogP contribution is 2.28. The minimum absolute atomic E-state index is 0.0908. The molecule has 0 saturated heterocycles. The van der Waals surface area contributed by atoms with Crippen LogP contribution in [0.5, 0.6) is 0 Å². The Kier molecular flexibility index (Phi) is 2.58. The van der Waals surface area contributed by atoms with E-state index in [1.165, 1.54) is 6.07 Å². The molecule has 4 nitrogen and oxygen atoms in total. The van der Waals surface area contributed by atoms with Crippen LogP contribution >= 0.6 is 0 Å². The van der Waals surface area contributed by atoms with Crippen molar-refractivity contribution >= 4 is 17.0 Å². The van der Waals surface area contributed by atoms with Crippen molar-refractivity contribution in [2.45, 2.75) is 24.2 Å². The number of fused-ring (bicyclic) bond motifs is 1. The van der Waals surface area contributed by atoms with E-state index in [4.69, 9.17) is 9.66 Å². The maximum absolute atomic E-state index is 11.1. The van der Waals surface area contributed by atoms with Crippen molar-refractivity contribution in [1.82, 2.24) is 0 Å². The lowest BCUT2D eigenvalue weighted by Crippen LogP contribution is -2.03. The van der Waals surface area contributed by atoms with Gasteiger partial charge < -0.3 is 9.66 Å². The van der Waals surface area contributed by atoms with Crippen molar-refractivity contribution < 1.29 is 18.7 Å². The van der Waals surface area contributed by atoms with E-state index in [0.29, 0.717) is 0 Å². The Labute approximate surface area is 89.2 Å². The highest BCUT2D eigenvalue weighted by molar-refractivity contribution is 7.79. The molecule has 0 saturated carbocycles. The van der Waals surface area contributed by atoms with Gasteiger partial charge in [0.1, 0.15) is 0 Å². The molecule has 0 bridgehead atoms. The minimum atomic E-state index is -2.10. The molecule has 1 aromatic rings. The molecular weight excluding hydrogens is 216 g/mol. The van der Waals surface area contributed by atoms with Gasteiger partial charge in [-0.3, -0.25) is 0 Å². The summed E-state index contributed by atoms with van der Waals surface area (Å²) >= 11 is -2.10. The first-order valence-electron chi connectivity index (χ1n) is 4.59. The molecule has 0 radical (unpaired) electrons. The van der Waals surface area contributed by atoms with Crippen LogP contribution in [0.15, 0.2) is 17.0 Å². The van der Waals surface area contributed by atoms with Crippen molar-refractivity contribution in [3.05, 3.63) is 28.8 Å². The normalized spacial score (nSPS) is 16.1. The number of hydrogen-bond acceptors (Lipinski definition) is 2. The third-order valence-corrected chi connectivity index (χ3v) is 3.35. The lowest BCUT2D eigenvalue weighted by molar-refractivity contribution is 0.0696. The van der Waals surface area contributed by atoms with Crippen molar-refractivity contribution in [3.8, 4) is 0 Å². The third-order valence-electron chi connectivity index (χ3n) is 2.61. The van der Waals surface area contributed by atoms with Crippen LogP contribution in [-0.2, 0) is 23.9 Å². The maximum atomic E-state index is 11.1. The van der Waals surface area contributed by atoms with Crippen LogP contribution in [0.4, 0.5) is 0 Å². The minimum Gasteiger partial charge on any atom is -0.478 e. The molecule has 2 rings (SSSR count). The van der Waals surface area contributed by atoms with Crippen LogP contribution in [0.2, 0.25) is 0 Å². The first kappa shape index (κ1) is 10.3. The summed E-state index contributed by atoms with van der Waals surface area (Å²) in [6.07, 6.45) is 2.47. The molecule has 15 heavy (non-hydrogen) atoms. The lowest BCUT2D eigenvalue weighted by atomic mass is 10.1. The number of carboxylic acids is 1. The van der Waals surface area contributed by atoms with Crippen LogP contribution in [0.3, 0.4) is 0 Å². The van der Waals surface area contributed by atoms with Gasteiger partial charge in [-0.1, -0.05) is 0 Å². The van der Waals surface area contributed by atoms with Crippen LogP contribution in [0.1, 0.15) is 27.9 Å². The summed E-state index contributed by atoms with van der Waals surface area (Å²) in [7, 11) is 0. The van der Waals surface area contributed by atoms with Crippen molar-refractivity contribution in [3.63, 3.8) is 0 Å². The van der Waals surface area contributed by atoms with Gasteiger partial charge in [0.2, 0.25) is 0 Å². The maximum Gasteiger partial charge on any atom is 0.335 e. The fourth-order valence-corrected chi connectivity index (χ4v) is 2.62. The largest absolute Gasteiger partial charge is 0.478 e. The Bertz CT molecular complexity index is 453. The second-order valence-corrected chi connectivity index (χ2v) is 4.46. The van der Waals surface area contributed by atoms with Gasteiger partial charge >= 0.3 is 5.97 Å². The van der Waals surface area contributed by atoms with E-state index in [9.17, 15) is 9.00 Å². The van der Waals surface area contributed by atoms with Gasteiger partial charge in [0.15, 0.2) is 11.1 Å². The highest BCUT2D eigenvalue weighted by Gasteiger charge is 2.20. The van der Waals surface area contributed by atoms with Gasteiger partial charge in [-0.05, 0) is 42.5 Å². The molecule has 0 aliphatic heterocycles. The molecule has 0 heterocycles. The number of aromatic carboxylic acids is 1. The molecule has 1 aliphatic rings. The van der Waals surface area contributed by atoms with E-state index < -0.39 is 17.0 Å². The van der Waals surface area contributed by atoms with Gasteiger partial charge in [0, 0.05) is 0 Å². The fourth-order valence-electron chi connectivity index (χ4n) is 1.94. The molecule has 0 fully saturated rings. The Morgan fingerprint density at radius 2 is 2.07 bits per heavy atom. The monoisotopic (exact) mass is 226 g/mol. The van der Waals surface area contributed by atoms with Crippen molar-refractivity contribution in [1.29, 1.82) is 0 Å². The number of rotatable bonds is 2. The Balaban J connectivity index is 2.62. The molecule has 1 atom stereocenters. The SMILES string of the molecule is O=C(O)c1cc2c(c(S(=O)O)c1)CCC2. The van der Waals surface area contributed by atoms with Crippen molar-refractivity contribution in [2.24, 2.45) is 0 Å². The van der Waals surface area contributed by atoms with E-state index in [2.05, 4.69) is 0 Å². The molecule has 0 amide bonds. The van der Waals surface area contributed by atoms with Gasteiger partial charge in [-0.2, -0.15) is 0 Å². The van der Waals surface area contributed by atoms with Gasteiger partial charge in [0.05, 0.1) is 10.5 Å². The number of carbonyl (C=O) groups is 1. The number of hydrogen-bond donors (Lipinski definition) is 2. The predicted octanol–water partition coefficient (Wildman–Crippen LogP) is 1.45. The van der Waals surface area contributed by atoms with E-state index in [1.807, 2.05) is 0 Å². The summed E-state index contributed by atoms with van der Waals surface area (Å²) in [5, 5.41) is 8.84. The molecule has 0 aromatic heterocycles. The molecule has 2 N–H and O–H groups in total. The van der Waals surface area contributed by atoms with E-state index in [1.54, 1.807) is 6.07 Å². The summed E-state index contributed by atoms with van der Waals surface area (Å²) in [5.41, 5.74) is 1.83. The highest BCUT2D eigenvalue weighted by atomic mass is 32.2. The van der Waals surface area contributed by atoms with Gasteiger partial charge in [-0.25, -0.2) is 9.00 Å². The second kappa shape index (κ2) is 3.75. The van der Waals surface area contributed by atoms with Crippen LogP contribution in [-0.4, -0.2) is 19.8 Å². The van der Waals surface area contributed by atoms with Crippen molar-refractivity contribution in [2.75, 3.05) is 0 Å². The molecule has 1 aliphatic carbocycles. The van der Waals surface area contributed by atoms with E-state index >= 15 is 0 Å². The Hall–Kier alpha value is -1.20. The smallest absolute Gasteiger partial charge is 0.335 e. The summed E-state index contributed by atoms with van der Waals surface area (Å²) in [6.45, 7) is 0. The van der Waals surface area contributed by atoms with E-state index in [0.717, 1.165) is 30.4 Å². The molecule has 0 spiro atoms. The fraction of sp³-hybridized carbons (Fsp3) is 0.300. The average molecular weight is 226 g/mol. The number of benzene rings is 1. The standard InChI is InChI=1S/C10H10O4S/c11-10(12)7-4-6-2-1-3-8(6)9(5-7)15(13)14/h4-5H,1-3H2,(H,11,12)(H,13,14). The molecule has 5 heteroatoms.